The largest absolute Gasteiger partial charge is 0.478 e. The van der Waals surface area contributed by atoms with Crippen LogP contribution in [0.25, 0.3) is 0 Å². The summed E-state index contributed by atoms with van der Waals surface area (Å²) >= 11 is 0. The molecule has 0 spiro atoms. The van der Waals surface area contributed by atoms with E-state index in [0.29, 0.717) is 18.1 Å². The molecular weight excluding hydrogens is 252 g/mol. The van der Waals surface area contributed by atoms with Crippen LogP contribution in [0.2, 0.25) is 0 Å². The number of nitrogens with zero attached hydrogens (tertiary/aromatic N) is 2. The van der Waals surface area contributed by atoms with Gasteiger partial charge in [0.1, 0.15) is 0 Å². The molecule has 1 aromatic heterocycles. The number of hydrogen-bond donors (Lipinski definition) is 0. The lowest BCUT2D eigenvalue weighted by Crippen LogP contribution is -2.36. The quantitative estimate of drug-likeness (QED) is 0.795. The zero-order valence-corrected chi connectivity index (χ0v) is 11.9. The molecule has 0 radical (unpaired) electrons. The molecule has 0 aromatic carbocycles. The summed E-state index contributed by atoms with van der Waals surface area (Å²) in [6, 6.07) is 3.56. The lowest BCUT2D eigenvalue weighted by molar-refractivity contribution is 0.0743. The minimum atomic E-state index is 0.0837. The highest BCUT2D eigenvalue weighted by Gasteiger charge is 2.25. The Morgan fingerprint density at radius 3 is 2.45 bits per heavy atom. The van der Waals surface area contributed by atoms with Crippen molar-refractivity contribution in [3.63, 3.8) is 0 Å². The first kappa shape index (κ1) is 13.2. The first-order chi connectivity index (χ1) is 9.78. The highest BCUT2D eigenvalue weighted by Crippen LogP contribution is 2.36. The van der Waals surface area contributed by atoms with Crippen LogP contribution in [0.15, 0.2) is 29.5 Å². The van der Waals surface area contributed by atoms with E-state index in [1.165, 1.54) is 12.8 Å². The maximum Gasteiger partial charge on any atom is 0.255 e. The highest BCUT2D eigenvalue weighted by molar-refractivity contribution is 5.94. The number of ether oxygens (including phenoxy) is 1. The van der Waals surface area contributed by atoms with Crippen molar-refractivity contribution in [2.45, 2.75) is 32.6 Å². The predicted molar refractivity (Wildman–Crippen MR) is 76.8 cm³/mol. The predicted octanol–water partition coefficient (Wildman–Crippen LogP) is 2.81. The maximum atomic E-state index is 12.4. The Morgan fingerprint density at radius 2 is 1.90 bits per heavy atom. The van der Waals surface area contributed by atoms with Crippen molar-refractivity contribution >= 4 is 5.91 Å². The van der Waals surface area contributed by atoms with Crippen LogP contribution < -0.4 is 4.74 Å². The van der Waals surface area contributed by atoms with E-state index in [2.05, 4.69) is 4.98 Å². The number of piperidine rings is 1. The molecule has 2 aliphatic rings. The van der Waals surface area contributed by atoms with Gasteiger partial charge in [0.05, 0.1) is 12.2 Å². The number of amides is 1. The van der Waals surface area contributed by atoms with Gasteiger partial charge in [0.2, 0.25) is 5.88 Å². The third-order valence-corrected chi connectivity index (χ3v) is 3.93. The molecule has 1 saturated heterocycles. The molecule has 0 N–H and O–H groups in total. The number of allylic oxidation sites excluding steroid dienone is 1. The van der Waals surface area contributed by atoms with Gasteiger partial charge in [0.25, 0.3) is 5.91 Å². The SMILES string of the molecule is CCOc1ccc(C(=O)N2CCC(=C3CC3)CC2)cn1. The summed E-state index contributed by atoms with van der Waals surface area (Å²) in [5.74, 6) is 0.656. The van der Waals surface area contributed by atoms with Crippen LogP contribution in [-0.2, 0) is 0 Å². The third kappa shape index (κ3) is 2.84. The van der Waals surface area contributed by atoms with E-state index in [1.54, 1.807) is 29.5 Å². The fraction of sp³-hybridized carbons (Fsp3) is 0.500. The lowest BCUT2D eigenvalue weighted by atomic mass is 10.0. The summed E-state index contributed by atoms with van der Waals surface area (Å²) in [6.07, 6.45) is 6.28. The van der Waals surface area contributed by atoms with Crippen molar-refractivity contribution in [1.82, 2.24) is 9.88 Å². The summed E-state index contributed by atoms with van der Waals surface area (Å²) in [7, 11) is 0. The van der Waals surface area contributed by atoms with E-state index in [0.717, 1.165) is 25.9 Å². The van der Waals surface area contributed by atoms with Crippen molar-refractivity contribution in [2.75, 3.05) is 19.7 Å². The summed E-state index contributed by atoms with van der Waals surface area (Å²) in [5.41, 5.74) is 3.88. The Bertz CT molecular complexity index is 518. The molecule has 2 fully saturated rings. The minimum absolute atomic E-state index is 0.0837. The van der Waals surface area contributed by atoms with E-state index in [4.69, 9.17) is 4.74 Å². The zero-order valence-electron chi connectivity index (χ0n) is 11.9. The maximum absolute atomic E-state index is 12.4. The molecule has 0 unspecified atom stereocenters. The Balaban J connectivity index is 1.62. The second-order valence-electron chi connectivity index (χ2n) is 5.32. The number of likely N-dealkylation sites (tertiary alicyclic amines) is 1. The molecule has 2 heterocycles. The van der Waals surface area contributed by atoms with Crippen LogP contribution in [0.5, 0.6) is 5.88 Å². The first-order valence-electron chi connectivity index (χ1n) is 7.36. The number of carbonyl (C=O) groups is 1. The number of carbonyl (C=O) groups excluding carboxylic acids is 1. The lowest BCUT2D eigenvalue weighted by Gasteiger charge is -2.28. The number of rotatable bonds is 3. The minimum Gasteiger partial charge on any atom is -0.478 e. The van der Waals surface area contributed by atoms with E-state index >= 15 is 0 Å². The van der Waals surface area contributed by atoms with Crippen molar-refractivity contribution in [2.24, 2.45) is 0 Å². The van der Waals surface area contributed by atoms with Gasteiger partial charge in [-0.3, -0.25) is 4.79 Å². The molecule has 0 atom stereocenters. The molecule has 4 heteroatoms. The Labute approximate surface area is 119 Å². The first-order valence-corrected chi connectivity index (χ1v) is 7.36. The van der Waals surface area contributed by atoms with Crippen LogP contribution >= 0.6 is 0 Å². The van der Waals surface area contributed by atoms with Gasteiger partial charge in [-0.15, -0.1) is 0 Å². The van der Waals surface area contributed by atoms with Crippen LogP contribution in [0.1, 0.15) is 43.0 Å². The molecule has 3 rings (SSSR count). The third-order valence-electron chi connectivity index (χ3n) is 3.93. The number of hydrogen-bond acceptors (Lipinski definition) is 3. The normalized spacial score (nSPS) is 18.1. The van der Waals surface area contributed by atoms with E-state index in [-0.39, 0.29) is 5.91 Å². The molecule has 106 valence electrons. The monoisotopic (exact) mass is 272 g/mol. The van der Waals surface area contributed by atoms with Crippen LogP contribution in [0, 0.1) is 0 Å². The van der Waals surface area contributed by atoms with Crippen LogP contribution in [0.4, 0.5) is 0 Å². The van der Waals surface area contributed by atoms with E-state index in [9.17, 15) is 4.79 Å². The average molecular weight is 272 g/mol. The molecule has 1 saturated carbocycles. The second-order valence-corrected chi connectivity index (χ2v) is 5.32. The smallest absolute Gasteiger partial charge is 0.255 e. The molecule has 1 amide bonds. The summed E-state index contributed by atoms with van der Waals surface area (Å²) in [6.45, 7) is 4.18. The number of pyridine rings is 1. The summed E-state index contributed by atoms with van der Waals surface area (Å²) in [4.78, 5) is 18.5. The van der Waals surface area contributed by atoms with Gasteiger partial charge in [0, 0.05) is 25.4 Å². The van der Waals surface area contributed by atoms with Crippen molar-refractivity contribution in [3.8, 4) is 5.88 Å². The van der Waals surface area contributed by atoms with Crippen molar-refractivity contribution in [1.29, 1.82) is 0 Å². The van der Waals surface area contributed by atoms with Gasteiger partial charge in [0.15, 0.2) is 0 Å². The van der Waals surface area contributed by atoms with Gasteiger partial charge < -0.3 is 9.64 Å². The molecular formula is C16H20N2O2. The Morgan fingerprint density at radius 1 is 1.20 bits per heavy atom. The molecule has 4 nitrogen and oxygen atoms in total. The van der Waals surface area contributed by atoms with Gasteiger partial charge >= 0.3 is 0 Å². The standard InChI is InChI=1S/C16H20N2O2/c1-2-20-15-6-5-14(11-17-15)16(19)18-9-7-13(8-10-18)12-3-4-12/h5-6,11H,2-4,7-10H2,1H3. The second kappa shape index (κ2) is 5.65. The highest BCUT2D eigenvalue weighted by atomic mass is 16.5. The van der Waals surface area contributed by atoms with Gasteiger partial charge in [-0.2, -0.15) is 0 Å². The molecule has 20 heavy (non-hydrogen) atoms. The van der Waals surface area contributed by atoms with Gasteiger partial charge in [-0.05, 0) is 38.7 Å². The average Bonchev–Trinajstić information content (AvgIpc) is 3.33. The topological polar surface area (TPSA) is 42.4 Å². The Kier molecular flexibility index (Phi) is 3.72. The fourth-order valence-corrected chi connectivity index (χ4v) is 2.67. The zero-order chi connectivity index (χ0) is 13.9. The van der Waals surface area contributed by atoms with Crippen LogP contribution in [0.3, 0.4) is 0 Å². The van der Waals surface area contributed by atoms with Gasteiger partial charge in [-0.25, -0.2) is 4.98 Å². The Hall–Kier alpha value is -1.84. The van der Waals surface area contributed by atoms with Gasteiger partial charge in [-0.1, -0.05) is 11.1 Å². The molecule has 1 aromatic rings. The summed E-state index contributed by atoms with van der Waals surface area (Å²) < 4.78 is 5.29. The molecule has 1 aliphatic carbocycles. The van der Waals surface area contributed by atoms with Crippen LogP contribution in [-0.4, -0.2) is 35.5 Å². The fourth-order valence-electron chi connectivity index (χ4n) is 2.67. The molecule has 1 aliphatic heterocycles. The van der Waals surface area contributed by atoms with E-state index < -0.39 is 0 Å². The van der Waals surface area contributed by atoms with Crippen molar-refractivity contribution in [3.05, 3.63) is 35.0 Å². The van der Waals surface area contributed by atoms with Crippen molar-refractivity contribution < 1.29 is 9.53 Å². The molecule has 0 bridgehead atoms. The number of aromatic nitrogens is 1. The summed E-state index contributed by atoms with van der Waals surface area (Å²) in [5, 5.41) is 0. The van der Waals surface area contributed by atoms with E-state index in [1.807, 2.05) is 11.8 Å².